The van der Waals surface area contributed by atoms with Gasteiger partial charge in [-0.15, -0.1) is 10.2 Å². The first-order valence-electron chi connectivity index (χ1n) is 9.95. The highest BCUT2D eigenvalue weighted by atomic mass is 32.2. The molecule has 1 saturated heterocycles. The molecule has 0 unspecified atom stereocenters. The summed E-state index contributed by atoms with van der Waals surface area (Å²) in [5.74, 6) is 1.08. The van der Waals surface area contributed by atoms with Crippen molar-refractivity contribution in [2.75, 3.05) is 37.2 Å². The summed E-state index contributed by atoms with van der Waals surface area (Å²) in [6.07, 6.45) is 1.54. The Morgan fingerprint density at radius 3 is 2.52 bits per heavy atom. The fraction of sp³-hybridized carbons (Fsp3) is 0.500. The zero-order valence-electron chi connectivity index (χ0n) is 16.8. The number of nitrogens with one attached hydrogen (secondary N) is 1. The van der Waals surface area contributed by atoms with Crippen LogP contribution in [0.25, 0.3) is 0 Å². The average Bonchev–Trinajstić information content (AvgIpc) is 3.23. The predicted molar refractivity (Wildman–Crippen MR) is 112 cm³/mol. The van der Waals surface area contributed by atoms with Crippen molar-refractivity contribution in [2.45, 2.75) is 37.8 Å². The summed E-state index contributed by atoms with van der Waals surface area (Å²) in [6, 6.07) is 9.34. The molecule has 2 aromatic rings. The van der Waals surface area contributed by atoms with E-state index in [1.165, 1.54) is 11.8 Å². The molecular weight excluding hydrogens is 390 g/mol. The Kier molecular flexibility index (Phi) is 7.51. The number of hydrogen-bond acceptors (Lipinski definition) is 6. The molecule has 0 atom stereocenters. The lowest BCUT2D eigenvalue weighted by atomic mass is 9.97. The molecule has 0 bridgehead atoms. The van der Waals surface area contributed by atoms with Gasteiger partial charge in [0.1, 0.15) is 0 Å². The monoisotopic (exact) mass is 417 g/mol. The Hall–Kier alpha value is -2.55. The van der Waals surface area contributed by atoms with Crippen LogP contribution in [0.4, 0.5) is 10.5 Å². The minimum Gasteiger partial charge on any atom is -0.416 e. The van der Waals surface area contributed by atoms with Gasteiger partial charge in [0.05, 0.1) is 5.75 Å². The maximum atomic E-state index is 12.4. The second-order valence-corrected chi connectivity index (χ2v) is 7.75. The van der Waals surface area contributed by atoms with Crippen molar-refractivity contribution in [3.63, 3.8) is 0 Å². The van der Waals surface area contributed by atoms with Crippen LogP contribution in [0.15, 0.2) is 40.0 Å². The lowest BCUT2D eigenvalue weighted by Gasteiger charge is -2.30. The number of nitrogens with zero attached hydrogens (tertiary/aromatic N) is 4. The SMILES string of the molecule is CCN(CC)C(=O)CSc1nnc(C2CCN(C(=O)Nc3ccccc3)CC2)o1. The highest BCUT2D eigenvalue weighted by Crippen LogP contribution is 2.29. The molecule has 0 spiro atoms. The summed E-state index contributed by atoms with van der Waals surface area (Å²) in [6.45, 7) is 6.58. The number of benzene rings is 1. The van der Waals surface area contributed by atoms with E-state index < -0.39 is 0 Å². The maximum absolute atomic E-state index is 12.4. The number of urea groups is 1. The van der Waals surface area contributed by atoms with Crippen molar-refractivity contribution in [1.29, 1.82) is 0 Å². The van der Waals surface area contributed by atoms with Crippen molar-refractivity contribution < 1.29 is 14.0 Å². The summed E-state index contributed by atoms with van der Waals surface area (Å²) in [4.78, 5) is 28.1. The molecule has 9 heteroatoms. The Morgan fingerprint density at radius 1 is 1.17 bits per heavy atom. The molecule has 0 saturated carbocycles. The van der Waals surface area contributed by atoms with Gasteiger partial charge in [-0.05, 0) is 38.8 Å². The van der Waals surface area contributed by atoms with Crippen LogP contribution in [-0.2, 0) is 4.79 Å². The normalized spacial score (nSPS) is 14.6. The second kappa shape index (κ2) is 10.3. The summed E-state index contributed by atoms with van der Waals surface area (Å²) in [7, 11) is 0. The van der Waals surface area contributed by atoms with Gasteiger partial charge in [-0.25, -0.2) is 4.79 Å². The van der Waals surface area contributed by atoms with Gasteiger partial charge in [0.2, 0.25) is 11.8 Å². The molecule has 1 N–H and O–H groups in total. The van der Waals surface area contributed by atoms with Gasteiger partial charge < -0.3 is 19.5 Å². The van der Waals surface area contributed by atoms with Crippen LogP contribution < -0.4 is 5.32 Å². The highest BCUT2D eigenvalue weighted by Gasteiger charge is 2.27. The van der Waals surface area contributed by atoms with E-state index in [4.69, 9.17) is 4.42 Å². The Labute approximate surface area is 175 Å². The topological polar surface area (TPSA) is 91.6 Å². The Morgan fingerprint density at radius 2 is 1.86 bits per heavy atom. The third-order valence-electron chi connectivity index (χ3n) is 5.01. The number of anilines is 1. The summed E-state index contributed by atoms with van der Waals surface area (Å²) in [5.41, 5.74) is 0.789. The molecule has 1 aromatic carbocycles. The quantitative estimate of drug-likeness (QED) is 0.694. The number of hydrogen-bond donors (Lipinski definition) is 1. The van der Waals surface area contributed by atoms with E-state index in [0.717, 1.165) is 18.5 Å². The minimum atomic E-state index is -0.0914. The first-order valence-corrected chi connectivity index (χ1v) is 10.9. The van der Waals surface area contributed by atoms with Crippen LogP contribution in [0.3, 0.4) is 0 Å². The van der Waals surface area contributed by atoms with E-state index in [-0.39, 0.29) is 17.9 Å². The van der Waals surface area contributed by atoms with Gasteiger partial charge in [0, 0.05) is 37.8 Å². The molecule has 1 aliphatic heterocycles. The summed E-state index contributed by atoms with van der Waals surface area (Å²) < 4.78 is 5.76. The van der Waals surface area contributed by atoms with Crippen LogP contribution in [0, 0.1) is 0 Å². The van der Waals surface area contributed by atoms with Crippen LogP contribution in [0.1, 0.15) is 38.5 Å². The number of rotatable bonds is 7. The molecule has 3 rings (SSSR count). The molecule has 8 nitrogen and oxygen atoms in total. The first kappa shape index (κ1) is 21.2. The second-order valence-electron chi connectivity index (χ2n) is 6.82. The zero-order valence-corrected chi connectivity index (χ0v) is 17.7. The van der Waals surface area contributed by atoms with Gasteiger partial charge in [-0.1, -0.05) is 30.0 Å². The van der Waals surface area contributed by atoms with Gasteiger partial charge in [0.15, 0.2) is 0 Å². The molecule has 0 radical (unpaired) electrons. The van der Waals surface area contributed by atoms with Crippen molar-refractivity contribution >= 4 is 29.4 Å². The molecule has 1 aliphatic rings. The van der Waals surface area contributed by atoms with E-state index in [1.54, 1.807) is 9.80 Å². The van der Waals surface area contributed by atoms with Gasteiger partial charge in [-0.2, -0.15) is 0 Å². The molecule has 2 heterocycles. The van der Waals surface area contributed by atoms with E-state index in [1.807, 2.05) is 44.2 Å². The van der Waals surface area contributed by atoms with E-state index in [2.05, 4.69) is 15.5 Å². The highest BCUT2D eigenvalue weighted by molar-refractivity contribution is 7.99. The van der Waals surface area contributed by atoms with Gasteiger partial charge in [-0.3, -0.25) is 4.79 Å². The fourth-order valence-electron chi connectivity index (χ4n) is 3.29. The van der Waals surface area contributed by atoms with Crippen LogP contribution in [0.2, 0.25) is 0 Å². The Balaban J connectivity index is 1.46. The number of aromatic nitrogens is 2. The minimum absolute atomic E-state index is 0.0671. The summed E-state index contributed by atoms with van der Waals surface area (Å²) in [5, 5.41) is 11.6. The number of carbonyl (C=O) groups is 2. The number of carbonyl (C=O) groups excluding carboxylic acids is 2. The van der Waals surface area contributed by atoms with Crippen molar-refractivity contribution in [2.24, 2.45) is 0 Å². The van der Waals surface area contributed by atoms with Crippen molar-refractivity contribution in [3.05, 3.63) is 36.2 Å². The molecule has 156 valence electrons. The lowest BCUT2D eigenvalue weighted by Crippen LogP contribution is -2.40. The number of thioether (sulfide) groups is 1. The zero-order chi connectivity index (χ0) is 20.6. The first-order chi connectivity index (χ1) is 14.1. The van der Waals surface area contributed by atoms with Crippen LogP contribution in [0.5, 0.6) is 0 Å². The number of amides is 3. The van der Waals surface area contributed by atoms with E-state index in [9.17, 15) is 9.59 Å². The molecule has 0 aliphatic carbocycles. The van der Waals surface area contributed by atoms with Crippen LogP contribution in [-0.4, -0.2) is 63.9 Å². The third-order valence-corrected chi connectivity index (χ3v) is 5.82. The number of piperidine rings is 1. The average molecular weight is 418 g/mol. The molecule has 29 heavy (non-hydrogen) atoms. The summed E-state index contributed by atoms with van der Waals surface area (Å²) >= 11 is 1.27. The fourth-order valence-corrected chi connectivity index (χ4v) is 3.96. The molecule has 3 amide bonds. The van der Waals surface area contributed by atoms with E-state index >= 15 is 0 Å². The lowest BCUT2D eigenvalue weighted by molar-refractivity contribution is -0.127. The predicted octanol–water partition coefficient (Wildman–Crippen LogP) is 3.44. The van der Waals surface area contributed by atoms with Crippen molar-refractivity contribution in [1.82, 2.24) is 20.0 Å². The standard InChI is InChI=1S/C20H27N5O3S/c1-3-24(4-2)17(26)14-29-20-23-22-18(28-20)15-10-12-25(13-11-15)19(27)21-16-8-6-5-7-9-16/h5-9,15H,3-4,10-14H2,1-2H3,(H,21,27). The molecule has 1 fully saturated rings. The van der Waals surface area contributed by atoms with E-state index in [0.29, 0.717) is 43.0 Å². The van der Waals surface area contributed by atoms with Gasteiger partial charge >= 0.3 is 6.03 Å². The molecular formula is C20H27N5O3S. The number of likely N-dealkylation sites (tertiary alicyclic amines) is 1. The van der Waals surface area contributed by atoms with Crippen LogP contribution >= 0.6 is 11.8 Å². The smallest absolute Gasteiger partial charge is 0.321 e. The third kappa shape index (κ3) is 5.72. The maximum Gasteiger partial charge on any atom is 0.321 e. The largest absolute Gasteiger partial charge is 0.416 e. The molecule has 1 aromatic heterocycles. The van der Waals surface area contributed by atoms with Gasteiger partial charge in [0.25, 0.3) is 5.22 Å². The number of para-hydroxylation sites is 1. The Bertz CT molecular complexity index is 801. The van der Waals surface area contributed by atoms with Crippen molar-refractivity contribution in [3.8, 4) is 0 Å².